The first-order chi connectivity index (χ1) is 11.2. The molecule has 4 heteroatoms. The SMILES string of the molecule is COCOC[C@H](C)C[Si](CN)(c1ccccc1)c1ccccc1. The number of hydrogen-bond donors (Lipinski definition) is 1. The van der Waals surface area contributed by atoms with E-state index in [2.05, 4.69) is 67.6 Å². The van der Waals surface area contributed by atoms with E-state index in [1.807, 2.05) is 0 Å². The van der Waals surface area contributed by atoms with E-state index < -0.39 is 8.07 Å². The topological polar surface area (TPSA) is 44.5 Å². The van der Waals surface area contributed by atoms with Crippen molar-refractivity contribution in [3.05, 3.63) is 60.7 Å². The summed E-state index contributed by atoms with van der Waals surface area (Å²) in [4.78, 5) is 0. The molecule has 3 nitrogen and oxygen atoms in total. The van der Waals surface area contributed by atoms with E-state index in [-0.39, 0.29) is 0 Å². The van der Waals surface area contributed by atoms with E-state index in [0.29, 0.717) is 25.5 Å². The Morgan fingerprint density at radius 1 is 0.957 bits per heavy atom. The molecule has 0 aliphatic carbocycles. The van der Waals surface area contributed by atoms with E-state index in [1.54, 1.807) is 7.11 Å². The zero-order valence-electron chi connectivity index (χ0n) is 14.1. The van der Waals surface area contributed by atoms with Gasteiger partial charge in [-0.2, -0.15) is 0 Å². The van der Waals surface area contributed by atoms with Gasteiger partial charge in [-0.05, 0) is 18.1 Å². The minimum Gasteiger partial charge on any atom is -0.359 e. The number of rotatable bonds is 9. The Balaban J connectivity index is 2.31. The van der Waals surface area contributed by atoms with Gasteiger partial charge in [-0.3, -0.25) is 0 Å². The summed E-state index contributed by atoms with van der Waals surface area (Å²) in [6.07, 6.45) is 0.704. The third kappa shape index (κ3) is 4.51. The van der Waals surface area contributed by atoms with E-state index in [0.717, 1.165) is 6.04 Å². The van der Waals surface area contributed by atoms with Gasteiger partial charge in [-0.25, -0.2) is 0 Å². The van der Waals surface area contributed by atoms with Crippen molar-refractivity contribution in [3.8, 4) is 0 Å². The fourth-order valence-electron chi connectivity index (χ4n) is 3.22. The predicted molar refractivity (Wildman–Crippen MR) is 98.8 cm³/mol. The van der Waals surface area contributed by atoms with Crippen LogP contribution in [0, 0.1) is 5.92 Å². The molecule has 0 amide bonds. The van der Waals surface area contributed by atoms with E-state index in [4.69, 9.17) is 15.2 Å². The Hall–Kier alpha value is -1.46. The fraction of sp³-hybridized carbons (Fsp3) is 0.368. The van der Waals surface area contributed by atoms with Crippen molar-refractivity contribution in [3.63, 3.8) is 0 Å². The highest BCUT2D eigenvalue weighted by atomic mass is 28.3. The van der Waals surface area contributed by atoms with Crippen LogP contribution in [-0.2, 0) is 9.47 Å². The average Bonchev–Trinajstić information content (AvgIpc) is 2.61. The summed E-state index contributed by atoms with van der Waals surface area (Å²) in [5.41, 5.74) is 6.37. The van der Waals surface area contributed by atoms with Crippen LogP contribution < -0.4 is 16.1 Å². The number of ether oxygens (including phenoxy) is 2. The molecule has 0 saturated heterocycles. The number of hydrogen-bond acceptors (Lipinski definition) is 3. The summed E-state index contributed by atoms with van der Waals surface area (Å²) in [5, 5.41) is 2.79. The Labute approximate surface area is 140 Å². The molecule has 1 atom stereocenters. The van der Waals surface area contributed by atoms with Gasteiger partial charge >= 0.3 is 0 Å². The second-order valence-electron chi connectivity index (χ2n) is 6.10. The van der Waals surface area contributed by atoms with Gasteiger partial charge in [0.25, 0.3) is 0 Å². The van der Waals surface area contributed by atoms with Gasteiger partial charge in [0.05, 0.1) is 6.61 Å². The third-order valence-electron chi connectivity index (χ3n) is 4.30. The first-order valence-electron chi connectivity index (χ1n) is 8.10. The smallest absolute Gasteiger partial charge is 0.146 e. The third-order valence-corrected chi connectivity index (χ3v) is 9.27. The molecule has 2 aromatic rings. The first kappa shape index (κ1) is 17.9. The molecule has 0 saturated carbocycles. The van der Waals surface area contributed by atoms with Gasteiger partial charge < -0.3 is 15.2 Å². The van der Waals surface area contributed by atoms with E-state index >= 15 is 0 Å². The van der Waals surface area contributed by atoms with Crippen LogP contribution in [0.15, 0.2) is 60.7 Å². The zero-order valence-corrected chi connectivity index (χ0v) is 15.1. The summed E-state index contributed by atoms with van der Waals surface area (Å²) in [6, 6.07) is 22.6. The van der Waals surface area contributed by atoms with Gasteiger partial charge in [0, 0.05) is 7.11 Å². The lowest BCUT2D eigenvalue weighted by Gasteiger charge is -2.34. The van der Waals surface area contributed by atoms with Crippen molar-refractivity contribution >= 4 is 18.4 Å². The van der Waals surface area contributed by atoms with Crippen LogP contribution >= 0.6 is 0 Å². The molecule has 0 aliphatic heterocycles. The summed E-state index contributed by atoms with van der Waals surface area (Å²) < 4.78 is 10.5. The maximum atomic E-state index is 6.37. The van der Waals surface area contributed by atoms with Crippen LogP contribution in [0.1, 0.15) is 6.92 Å². The Morgan fingerprint density at radius 3 is 1.91 bits per heavy atom. The highest BCUT2D eigenvalue weighted by Crippen LogP contribution is 2.17. The molecular formula is C19H27NO2Si. The molecule has 0 aliphatic rings. The number of nitrogens with two attached hydrogens (primary N) is 1. The zero-order chi connectivity index (χ0) is 16.5. The quantitative estimate of drug-likeness (QED) is 0.435. The standard InChI is InChI=1S/C19H27NO2Si/c1-17(13-22-16-21-2)14-23(15-20,18-9-5-3-6-10-18)19-11-7-4-8-12-19/h3-12,17H,13-16,20H2,1-2H3/t17-/m0/s1. The Morgan fingerprint density at radius 2 is 1.48 bits per heavy atom. The second-order valence-corrected chi connectivity index (χ2v) is 10.2. The normalized spacial score (nSPS) is 13.0. The Kier molecular flexibility index (Phi) is 6.99. The summed E-state index contributed by atoms with van der Waals surface area (Å²) in [5.74, 6) is 0.431. The lowest BCUT2D eigenvalue weighted by atomic mass is 10.2. The average molecular weight is 330 g/mol. The minimum atomic E-state index is -1.99. The van der Waals surface area contributed by atoms with Crippen LogP contribution in [0.5, 0.6) is 0 Å². The van der Waals surface area contributed by atoms with Gasteiger partial charge in [-0.15, -0.1) is 0 Å². The first-order valence-corrected chi connectivity index (χ1v) is 10.5. The highest BCUT2D eigenvalue weighted by molar-refractivity contribution is 7.02. The summed E-state index contributed by atoms with van der Waals surface area (Å²) in [7, 11) is -0.338. The molecule has 0 fully saturated rings. The molecular weight excluding hydrogens is 302 g/mol. The summed E-state index contributed by atoms with van der Waals surface area (Å²) >= 11 is 0. The van der Waals surface area contributed by atoms with Crippen molar-refractivity contribution in [1.29, 1.82) is 0 Å². The van der Waals surface area contributed by atoms with Crippen molar-refractivity contribution in [1.82, 2.24) is 0 Å². The molecule has 124 valence electrons. The van der Waals surface area contributed by atoms with Crippen LogP contribution in [-0.4, -0.2) is 34.8 Å². The second kappa shape index (κ2) is 8.98. The summed E-state index contributed by atoms with van der Waals surface area (Å²) in [6.45, 7) is 3.28. The van der Waals surface area contributed by atoms with Gasteiger partial charge in [-0.1, -0.05) is 78.0 Å². The van der Waals surface area contributed by atoms with Crippen LogP contribution in [0.4, 0.5) is 0 Å². The molecule has 23 heavy (non-hydrogen) atoms. The maximum Gasteiger partial charge on any atom is 0.146 e. The van der Waals surface area contributed by atoms with E-state index in [1.165, 1.54) is 10.4 Å². The predicted octanol–water partition coefficient (Wildman–Crippen LogP) is 2.00. The van der Waals surface area contributed by atoms with Crippen molar-refractivity contribution in [2.45, 2.75) is 13.0 Å². The maximum absolute atomic E-state index is 6.37. The lowest BCUT2D eigenvalue weighted by Crippen LogP contribution is -2.64. The van der Waals surface area contributed by atoms with Crippen LogP contribution in [0.2, 0.25) is 6.04 Å². The molecule has 0 aromatic heterocycles. The molecule has 0 spiro atoms. The van der Waals surface area contributed by atoms with Crippen LogP contribution in [0.25, 0.3) is 0 Å². The molecule has 2 N–H and O–H groups in total. The molecule has 0 heterocycles. The highest BCUT2D eigenvalue weighted by Gasteiger charge is 2.37. The molecule has 2 aromatic carbocycles. The largest absolute Gasteiger partial charge is 0.359 e. The van der Waals surface area contributed by atoms with Gasteiger partial charge in [0.1, 0.15) is 14.9 Å². The molecule has 2 rings (SSSR count). The number of benzene rings is 2. The molecule has 0 unspecified atom stereocenters. The van der Waals surface area contributed by atoms with Crippen molar-refractivity contribution in [2.75, 3.05) is 26.7 Å². The molecule has 0 radical (unpaired) electrons. The monoisotopic (exact) mass is 329 g/mol. The van der Waals surface area contributed by atoms with Crippen molar-refractivity contribution < 1.29 is 9.47 Å². The van der Waals surface area contributed by atoms with E-state index in [9.17, 15) is 0 Å². The van der Waals surface area contributed by atoms with Crippen LogP contribution in [0.3, 0.4) is 0 Å². The van der Waals surface area contributed by atoms with Gasteiger partial charge in [0.15, 0.2) is 0 Å². The minimum absolute atomic E-state index is 0.345. The fourth-order valence-corrected chi connectivity index (χ4v) is 7.63. The Bertz CT molecular complexity index is 523. The molecule has 0 bridgehead atoms. The van der Waals surface area contributed by atoms with Gasteiger partial charge in [0.2, 0.25) is 0 Å². The van der Waals surface area contributed by atoms with Crippen molar-refractivity contribution in [2.24, 2.45) is 11.7 Å². The lowest BCUT2D eigenvalue weighted by molar-refractivity contribution is -0.0397. The number of methoxy groups -OCH3 is 1.